The Bertz CT molecular complexity index is 969. The van der Waals surface area contributed by atoms with Gasteiger partial charge >= 0.3 is 5.91 Å². The first-order chi connectivity index (χ1) is 13.6. The van der Waals surface area contributed by atoms with E-state index in [-0.39, 0.29) is 18.3 Å². The van der Waals surface area contributed by atoms with E-state index in [9.17, 15) is 9.59 Å². The lowest BCUT2D eigenvalue weighted by Gasteiger charge is -2.08. The Kier molecular flexibility index (Phi) is 6.43. The third-order valence-corrected chi connectivity index (χ3v) is 3.72. The molecule has 142 valence electrons. The van der Waals surface area contributed by atoms with Crippen LogP contribution in [0.4, 0.5) is 5.69 Å². The summed E-state index contributed by atoms with van der Waals surface area (Å²) in [5, 5.41) is 7.09. The molecule has 0 aliphatic heterocycles. The molecule has 0 saturated carbocycles. The molecule has 0 spiro atoms. The molecule has 3 rings (SSSR count). The van der Waals surface area contributed by atoms with Crippen LogP contribution in [0, 0.1) is 0 Å². The van der Waals surface area contributed by atoms with Gasteiger partial charge < -0.3 is 14.5 Å². The van der Waals surface area contributed by atoms with Crippen molar-refractivity contribution in [3.8, 4) is 5.75 Å². The molecule has 0 unspecified atom stereocenters. The maximum absolute atomic E-state index is 11.9. The SMILES string of the molecule is O=C(COc1ccc(/C=N\NC(=O)c2ccco2)cc1)Nc1cccc(Cl)c1. The lowest BCUT2D eigenvalue weighted by atomic mass is 10.2. The Balaban J connectivity index is 1.45. The Hall–Kier alpha value is -3.58. The largest absolute Gasteiger partial charge is 0.484 e. The number of furan rings is 1. The van der Waals surface area contributed by atoms with Crippen LogP contribution >= 0.6 is 11.6 Å². The number of hydrazone groups is 1. The van der Waals surface area contributed by atoms with E-state index in [2.05, 4.69) is 15.8 Å². The van der Waals surface area contributed by atoms with Gasteiger partial charge in [0.05, 0.1) is 12.5 Å². The number of carbonyl (C=O) groups excluding carboxylic acids is 2. The van der Waals surface area contributed by atoms with Crippen molar-refractivity contribution in [1.82, 2.24) is 5.43 Å². The second-order valence-electron chi connectivity index (χ2n) is 5.59. The number of halogens is 1. The predicted octanol–water partition coefficient (Wildman–Crippen LogP) is 3.71. The molecule has 28 heavy (non-hydrogen) atoms. The van der Waals surface area contributed by atoms with E-state index in [0.29, 0.717) is 16.5 Å². The van der Waals surface area contributed by atoms with Crippen molar-refractivity contribution in [1.29, 1.82) is 0 Å². The van der Waals surface area contributed by atoms with Gasteiger partial charge in [-0.1, -0.05) is 17.7 Å². The standard InChI is InChI=1S/C20H16ClN3O4/c21-15-3-1-4-16(11-15)23-19(25)13-28-17-8-6-14(7-9-17)12-22-24-20(26)18-5-2-10-27-18/h1-12H,13H2,(H,23,25)(H,24,26)/b22-12-. The number of anilines is 1. The summed E-state index contributed by atoms with van der Waals surface area (Å²) in [6.45, 7) is -0.140. The van der Waals surface area contributed by atoms with Crippen LogP contribution in [0.25, 0.3) is 0 Å². The highest BCUT2D eigenvalue weighted by molar-refractivity contribution is 6.30. The molecule has 0 bridgehead atoms. The summed E-state index contributed by atoms with van der Waals surface area (Å²) in [6.07, 6.45) is 2.89. The molecule has 0 atom stereocenters. The van der Waals surface area contributed by atoms with E-state index in [0.717, 1.165) is 5.56 Å². The zero-order chi connectivity index (χ0) is 19.8. The molecule has 0 aliphatic rings. The van der Waals surface area contributed by atoms with E-state index in [1.165, 1.54) is 12.5 Å². The molecule has 2 amide bonds. The number of nitrogens with one attached hydrogen (secondary N) is 2. The molecular formula is C20H16ClN3O4. The fourth-order valence-corrected chi connectivity index (χ4v) is 2.38. The molecule has 1 aromatic heterocycles. The number of benzene rings is 2. The minimum atomic E-state index is -0.438. The van der Waals surface area contributed by atoms with E-state index in [4.69, 9.17) is 20.8 Å². The van der Waals surface area contributed by atoms with Crippen LogP contribution in [-0.4, -0.2) is 24.6 Å². The van der Waals surface area contributed by atoms with Gasteiger partial charge in [-0.2, -0.15) is 5.10 Å². The van der Waals surface area contributed by atoms with Gasteiger partial charge in [-0.05, 0) is 60.2 Å². The first kappa shape index (κ1) is 19.2. The third-order valence-electron chi connectivity index (χ3n) is 3.48. The highest BCUT2D eigenvalue weighted by Crippen LogP contribution is 2.15. The topological polar surface area (TPSA) is 92.9 Å². The number of amides is 2. The van der Waals surface area contributed by atoms with Gasteiger partial charge in [-0.3, -0.25) is 9.59 Å². The van der Waals surface area contributed by atoms with E-state index in [1.54, 1.807) is 60.7 Å². The van der Waals surface area contributed by atoms with Gasteiger partial charge in [-0.25, -0.2) is 5.43 Å². The van der Waals surface area contributed by atoms with Gasteiger partial charge in [0, 0.05) is 10.7 Å². The summed E-state index contributed by atoms with van der Waals surface area (Å²) >= 11 is 5.87. The molecular weight excluding hydrogens is 382 g/mol. The maximum atomic E-state index is 11.9. The van der Waals surface area contributed by atoms with Crippen LogP contribution in [0.3, 0.4) is 0 Å². The lowest BCUT2D eigenvalue weighted by Crippen LogP contribution is -2.20. The molecule has 7 nitrogen and oxygen atoms in total. The van der Waals surface area contributed by atoms with E-state index < -0.39 is 5.91 Å². The average Bonchev–Trinajstić information content (AvgIpc) is 3.22. The summed E-state index contributed by atoms with van der Waals surface area (Å²) in [5.74, 6) is -0.0320. The first-order valence-corrected chi connectivity index (χ1v) is 8.63. The quantitative estimate of drug-likeness (QED) is 0.469. The van der Waals surface area contributed by atoms with Crippen LogP contribution < -0.4 is 15.5 Å². The lowest BCUT2D eigenvalue weighted by molar-refractivity contribution is -0.118. The summed E-state index contributed by atoms with van der Waals surface area (Å²) in [5.41, 5.74) is 3.71. The summed E-state index contributed by atoms with van der Waals surface area (Å²) in [6, 6.07) is 16.9. The van der Waals surface area contributed by atoms with Crippen molar-refractivity contribution < 1.29 is 18.7 Å². The Morgan fingerprint density at radius 2 is 1.93 bits per heavy atom. The first-order valence-electron chi connectivity index (χ1n) is 8.25. The van der Waals surface area contributed by atoms with Crippen LogP contribution in [0.2, 0.25) is 5.02 Å². The molecule has 0 saturated heterocycles. The van der Waals surface area contributed by atoms with E-state index >= 15 is 0 Å². The van der Waals surface area contributed by atoms with Crippen molar-refractivity contribution >= 4 is 35.3 Å². The highest BCUT2D eigenvalue weighted by Gasteiger charge is 2.06. The molecule has 0 radical (unpaired) electrons. The van der Waals surface area contributed by atoms with Gasteiger partial charge in [0.15, 0.2) is 12.4 Å². The maximum Gasteiger partial charge on any atom is 0.307 e. The number of hydrogen-bond donors (Lipinski definition) is 2. The van der Waals surface area contributed by atoms with Crippen molar-refractivity contribution in [2.75, 3.05) is 11.9 Å². The molecule has 0 aliphatic carbocycles. The number of ether oxygens (including phenoxy) is 1. The zero-order valence-electron chi connectivity index (χ0n) is 14.6. The molecule has 8 heteroatoms. The van der Waals surface area contributed by atoms with Gasteiger partial charge in [0.25, 0.3) is 5.91 Å². The van der Waals surface area contributed by atoms with Crippen molar-refractivity contribution in [2.24, 2.45) is 5.10 Å². The van der Waals surface area contributed by atoms with Crippen LogP contribution in [-0.2, 0) is 4.79 Å². The van der Waals surface area contributed by atoms with E-state index in [1.807, 2.05) is 0 Å². The Labute approximate surface area is 166 Å². The molecule has 3 aromatic rings. The number of hydrogen-bond acceptors (Lipinski definition) is 5. The molecule has 0 fully saturated rings. The fourth-order valence-electron chi connectivity index (χ4n) is 2.19. The second-order valence-corrected chi connectivity index (χ2v) is 6.03. The molecule has 2 N–H and O–H groups in total. The second kappa shape index (κ2) is 9.38. The predicted molar refractivity (Wildman–Crippen MR) is 106 cm³/mol. The minimum Gasteiger partial charge on any atom is -0.484 e. The third kappa shape index (κ3) is 5.72. The smallest absolute Gasteiger partial charge is 0.307 e. The fraction of sp³-hybridized carbons (Fsp3) is 0.0500. The Morgan fingerprint density at radius 1 is 1.11 bits per heavy atom. The van der Waals surface area contributed by atoms with Gasteiger partial charge in [0.1, 0.15) is 5.75 Å². The Morgan fingerprint density at radius 3 is 2.64 bits per heavy atom. The normalized spacial score (nSPS) is 10.6. The average molecular weight is 398 g/mol. The number of nitrogens with zero attached hydrogens (tertiary/aromatic N) is 1. The van der Waals surface area contributed by atoms with Crippen molar-refractivity contribution in [2.45, 2.75) is 0 Å². The van der Waals surface area contributed by atoms with Crippen LogP contribution in [0.5, 0.6) is 5.75 Å². The van der Waals surface area contributed by atoms with Gasteiger partial charge in [-0.15, -0.1) is 0 Å². The number of carbonyl (C=O) groups is 2. The van der Waals surface area contributed by atoms with Crippen LogP contribution in [0.1, 0.15) is 16.1 Å². The zero-order valence-corrected chi connectivity index (χ0v) is 15.3. The summed E-state index contributed by atoms with van der Waals surface area (Å²) in [4.78, 5) is 23.6. The minimum absolute atomic E-state index is 0.140. The monoisotopic (exact) mass is 397 g/mol. The van der Waals surface area contributed by atoms with Crippen LogP contribution in [0.15, 0.2) is 76.4 Å². The molecule has 1 heterocycles. The van der Waals surface area contributed by atoms with Gasteiger partial charge in [0.2, 0.25) is 0 Å². The van der Waals surface area contributed by atoms with Crippen molar-refractivity contribution in [3.63, 3.8) is 0 Å². The summed E-state index contributed by atoms with van der Waals surface area (Å²) < 4.78 is 10.4. The number of rotatable bonds is 7. The molecule has 2 aromatic carbocycles. The highest BCUT2D eigenvalue weighted by atomic mass is 35.5. The summed E-state index contributed by atoms with van der Waals surface area (Å²) in [7, 11) is 0. The van der Waals surface area contributed by atoms with Crippen molar-refractivity contribution in [3.05, 3.63) is 83.3 Å².